The number of aliphatic carboxylic acids is 1. The summed E-state index contributed by atoms with van der Waals surface area (Å²) in [5.41, 5.74) is 0. The highest BCUT2D eigenvalue weighted by atomic mass is 32.2. The molecule has 0 aromatic rings. The van der Waals surface area contributed by atoms with Crippen molar-refractivity contribution in [2.24, 2.45) is 11.8 Å². The van der Waals surface area contributed by atoms with Gasteiger partial charge >= 0.3 is 5.97 Å². The molecule has 1 aliphatic carbocycles. The van der Waals surface area contributed by atoms with Crippen LogP contribution in [0, 0.1) is 11.8 Å². The van der Waals surface area contributed by atoms with Crippen molar-refractivity contribution in [3.05, 3.63) is 0 Å². The largest absolute Gasteiger partial charge is 0.481 e. The molecule has 0 aromatic heterocycles. The maximum absolute atomic E-state index is 10.9. The van der Waals surface area contributed by atoms with E-state index >= 15 is 0 Å². The Morgan fingerprint density at radius 1 is 1.40 bits per heavy atom. The fourth-order valence-electron chi connectivity index (χ4n) is 1.94. The molecule has 2 unspecified atom stereocenters. The van der Waals surface area contributed by atoms with E-state index < -0.39 is 22.0 Å². The zero-order valence-electron chi connectivity index (χ0n) is 8.68. The molecule has 15 heavy (non-hydrogen) atoms. The van der Waals surface area contributed by atoms with Gasteiger partial charge in [-0.25, -0.2) is 0 Å². The Bertz CT molecular complexity index is 321. The van der Waals surface area contributed by atoms with Crippen LogP contribution in [0.1, 0.15) is 25.7 Å². The van der Waals surface area contributed by atoms with Crippen LogP contribution in [0.15, 0.2) is 0 Å². The Balaban J connectivity index is 2.54. The molecule has 0 amide bonds. The number of carboxylic acids is 1. The van der Waals surface area contributed by atoms with Crippen molar-refractivity contribution in [2.75, 3.05) is 12.9 Å². The Morgan fingerprint density at radius 3 is 2.53 bits per heavy atom. The molecule has 0 bridgehead atoms. The predicted octanol–water partition coefficient (Wildman–Crippen LogP) is 0.854. The molecule has 1 saturated carbocycles. The van der Waals surface area contributed by atoms with Crippen LogP contribution >= 0.6 is 0 Å². The van der Waals surface area contributed by atoms with E-state index in [1.807, 2.05) is 0 Å². The van der Waals surface area contributed by atoms with Crippen LogP contribution in [0.3, 0.4) is 0 Å². The fraction of sp³-hybridized carbons (Fsp3) is 0.889. The lowest BCUT2D eigenvalue weighted by atomic mass is 9.80. The second-order valence-corrected chi connectivity index (χ2v) is 5.62. The van der Waals surface area contributed by atoms with E-state index in [1.165, 1.54) is 0 Å². The molecule has 1 N–H and O–H groups in total. The highest BCUT2D eigenvalue weighted by Gasteiger charge is 2.31. The normalized spacial score (nSPS) is 27.5. The molecule has 6 heteroatoms. The fourth-order valence-corrected chi connectivity index (χ4v) is 2.37. The van der Waals surface area contributed by atoms with Gasteiger partial charge in [-0.3, -0.25) is 8.98 Å². The molecule has 88 valence electrons. The third kappa shape index (κ3) is 4.17. The first kappa shape index (κ1) is 12.4. The average molecular weight is 236 g/mol. The summed E-state index contributed by atoms with van der Waals surface area (Å²) < 4.78 is 26.2. The summed E-state index contributed by atoms with van der Waals surface area (Å²) in [6, 6.07) is 0. The topological polar surface area (TPSA) is 80.7 Å². The van der Waals surface area contributed by atoms with Gasteiger partial charge in [0.25, 0.3) is 10.1 Å². The summed E-state index contributed by atoms with van der Waals surface area (Å²) in [5, 5.41) is 8.93. The van der Waals surface area contributed by atoms with E-state index in [0.717, 1.165) is 25.5 Å². The molecule has 0 saturated heterocycles. The Hall–Kier alpha value is -0.620. The average Bonchev–Trinajstić information content (AvgIpc) is 2.14. The minimum Gasteiger partial charge on any atom is -0.481 e. The molecule has 0 spiro atoms. The van der Waals surface area contributed by atoms with Crippen molar-refractivity contribution in [1.82, 2.24) is 0 Å². The number of rotatable bonds is 4. The van der Waals surface area contributed by atoms with Gasteiger partial charge in [-0.15, -0.1) is 0 Å². The van der Waals surface area contributed by atoms with Gasteiger partial charge in [0.2, 0.25) is 0 Å². The lowest BCUT2D eigenvalue weighted by molar-refractivity contribution is -0.145. The molecular weight excluding hydrogens is 220 g/mol. The SMILES string of the molecule is CS(=O)(=O)OCC1CCCCC1C(=O)O. The van der Waals surface area contributed by atoms with E-state index in [-0.39, 0.29) is 12.5 Å². The summed E-state index contributed by atoms with van der Waals surface area (Å²) in [6.45, 7) is -0.00417. The first-order chi connectivity index (χ1) is 6.90. The maximum atomic E-state index is 10.9. The summed E-state index contributed by atoms with van der Waals surface area (Å²) in [4.78, 5) is 10.9. The van der Waals surface area contributed by atoms with Gasteiger partial charge in [-0.2, -0.15) is 8.42 Å². The van der Waals surface area contributed by atoms with Crippen LogP contribution in [0.25, 0.3) is 0 Å². The second kappa shape index (κ2) is 4.94. The van der Waals surface area contributed by atoms with Crippen LogP contribution in [0.5, 0.6) is 0 Å². The van der Waals surface area contributed by atoms with Gasteiger partial charge in [-0.1, -0.05) is 12.8 Å². The van der Waals surface area contributed by atoms with Gasteiger partial charge in [0.1, 0.15) is 0 Å². The predicted molar refractivity (Wildman–Crippen MR) is 53.9 cm³/mol. The minimum absolute atomic E-state index is 0.00417. The van der Waals surface area contributed by atoms with Crippen LogP contribution in [-0.4, -0.2) is 32.4 Å². The number of hydrogen-bond donors (Lipinski definition) is 1. The summed E-state index contributed by atoms with van der Waals surface area (Å²) >= 11 is 0. The van der Waals surface area contributed by atoms with Gasteiger partial charge < -0.3 is 5.11 Å². The molecular formula is C9H16O5S. The quantitative estimate of drug-likeness (QED) is 0.732. The first-order valence-corrected chi connectivity index (χ1v) is 6.79. The van der Waals surface area contributed by atoms with Gasteiger partial charge in [0.05, 0.1) is 18.8 Å². The minimum atomic E-state index is -3.47. The first-order valence-electron chi connectivity index (χ1n) is 4.97. The number of hydrogen-bond acceptors (Lipinski definition) is 4. The third-order valence-corrected chi connectivity index (χ3v) is 3.29. The second-order valence-electron chi connectivity index (χ2n) is 3.98. The maximum Gasteiger partial charge on any atom is 0.306 e. The summed E-state index contributed by atoms with van der Waals surface area (Å²) in [7, 11) is -3.47. The number of carboxylic acid groups (broad SMARTS) is 1. The van der Waals surface area contributed by atoms with Gasteiger partial charge in [0, 0.05) is 0 Å². The molecule has 1 rings (SSSR count). The third-order valence-electron chi connectivity index (χ3n) is 2.72. The van der Waals surface area contributed by atoms with Crippen molar-refractivity contribution in [2.45, 2.75) is 25.7 Å². The molecule has 0 aromatic carbocycles. The molecule has 2 atom stereocenters. The molecule has 1 aliphatic rings. The number of carbonyl (C=O) groups is 1. The van der Waals surface area contributed by atoms with Crippen molar-refractivity contribution < 1.29 is 22.5 Å². The Labute approximate surface area is 89.6 Å². The standard InChI is InChI=1S/C9H16O5S/c1-15(12,13)14-6-7-4-2-3-5-8(7)9(10)11/h7-8H,2-6H2,1H3,(H,10,11). The molecule has 5 nitrogen and oxygen atoms in total. The highest BCUT2D eigenvalue weighted by Crippen LogP contribution is 2.30. The Morgan fingerprint density at radius 2 is 2.00 bits per heavy atom. The zero-order chi connectivity index (χ0) is 11.5. The zero-order valence-corrected chi connectivity index (χ0v) is 9.50. The van der Waals surface area contributed by atoms with E-state index in [4.69, 9.17) is 5.11 Å². The lowest BCUT2D eigenvalue weighted by Crippen LogP contribution is -2.30. The highest BCUT2D eigenvalue weighted by molar-refractivity contribution is 7.85. The van der Waals surface area contributed by atoms with E-state index in [2.05, 4.69) is 4.18 Å². The molecule has 0 radical (unpaired) electrons. The van der Waals surface area contributed by atoms with Crippen LogP contribution in [0.4, 0.5) is 0 Å². The van der Waals surface area contributed by atoms with Gasteiger partial charge in [-0.05, 0) is 18.8 Å². The summed E-state index contributed by atoms with van der Waals surface area (Å²) in [5.74, 6) is -1.48. The van der Waals surface area contributed by atoms with E-state index in [1.54, 1.807) is 0 Å². The Kier molecular flexibility index (Phi) is 4.10. The molecule has 1 fully saturated rings. The van der Waals surface area contributed by atoms with Crippen LogP contribution in [-0.2, 0) is 19.1 Å². The lowest BCUT2D eigenvalue weighted by Gasteiger charge is -2.27. The van der Waals surface area contributed by atoms with Crippen molar-refractivity contribution in [3.63, 3.8) is 0 Å². The molecule has 0 heterocycles. The van der Waals surface area contributed by atoms with Crippen LogP contribution in [0.2, 0.25) is 0 Å². The molecule has 0 aliphatic heterocycles. The van der Waals surface area contributed by atoms with E-state index in [9.17, 15) is 13.2 Å². The van der Waals surface area contributed by atoms with Gasteiger partial charge in [0.15, 0.2) is 0 Å². The van der Waals surface area contributed by atoms with Crippen molar-refractivity contribution >= 4 is 16.1 Å². The van der Waals surface area contributed by atoms with Crippen molar-refractivity contribution in [1.29, 1.82) is 0 Å². The monoisotopic (exact) mass is 236 g/mol. The summed E-state index contributed by atoms with van der Waals surface area (Å²) in [6.07, 6.45) is 4.17. The van der Waals surface area contributed by atoms with Crippen LogP contribution < -0.4 is 0 Å². The smallest absolute Gasteiger partial charge is 0.306 e. The van der Waals surface area contributed by atoms with E-state index in [0.29, 0.717) is 6.42 Å². The van der Waals surface area contributed by atoms with Crippen molar-refractivity contribution in [3.8, 4) is 0 Å².